The van der Waals surface area contributed by atoms with Crippen LogP contribution in [0.25, 0.3) is 0 Å². The molecule has 2 rings (SSSR count). The zero-order valence-electron chi connectivity index (χ0n) is 13.2. The van der Waals surface area contributed by atoms with E-state index in [1.165, 1.54) is 6.07 Å². The van der Waals surface area contributed by atoms with Gasteiger partial charge < -0.3 is 10.6 Å². The van der Waals surface area contributed by atoms with Gasteiger partial charge in [-0.1, -0.05) is 6.07 Å². The van der Waals surface area contributed by atoms with Crippen molar-refractivity contribution in [3.63, 3.8) is 0 Å². The lowest BCUT2D eigenvalue weighted by Gasteiger charge is -2.10. The van der Waals surface area contributed by atoms with Crippen LogP contribution in [0.4, 0.5) is 27.6 Å². The number of halogens is 5. The van der Waals surface area contributed by atoms with Gasteiger partial charge in [-0.25, -0.2) is 8.78 Å². The molecule has 4 nitrogen and oxygen atoms in total. The minimum Gasteiger partial charge on any atom is -0.351 e. The Labute approximate surface area is 145 Å². The summed E-state index contributed by atoms with van der Waals surface area (Å²) in [5.41, 5.74) is -1.33. The normalized spacial score (nSPS) is 11.1. The molecule has 2 N–H and O–H groups in total. The molecule has 9 heteroatoms. The molecule has 0 aliphatic heterocycles. The largest absolute Gasteiger partial charge is 0.416 e. The third-order valence-electron chi connectivity index (χ3n) is 3.29. The first-order valence-corrected chi connectivity index (χ1v) is 7.37. The molecule has 0 heterocycles. The minimum atomic E-state index is -4.53. The fourth-order valence-corrected chi connectivity index (χ4v) is 2.06. The molecule has 26 heavy (non-hydrogen) atoms. The van der Waals surface area contributed by atoms with E-state index in [1.54, 1.807) is 0 Å². The summed E-state index contributed by atoms with van der Waals surface area (Å²) >= 11 is 0. The van der Waals surface area contributed by atoms with Crippen molar-refractivity contribution < 1.29 is 31.5 Å². The molecule has 0 aliphatic rings. The average molecular weight is 372 g/mol. The topological polar surface area (TPSA) is 58.2 Å². The highest BCUT2D eigenvalue weighted by Gasteiger charge is 2.30. The van der Waals surface area contributed by atoms with Crippen LogP contribution in [0.2, 0.25) is 0 Å². The van der Waals surface area contributed by atoms with Crippen LogP contribution in [-0.4, -0.2) is 18.4 Å². The van der Waals surface area contributed by atoms with Gasteiger partial charge in [-0.2, -0.15) is 13.2 Å². The van der Waals surface area contributed by atoms with E-state index >= 15 is 0 Å². The van der Waals surface area contributed by atoms with Crippen LogP contribution in [0.5, 0.6) is 0 Å². The van der Waals surface area contributed by atoms with Crippen molar-refractivity contribution in [1.29, 1.82) is 0 Å². The number of amides is 2. The van der Waals surface area contributed by atoms with Gasteiger partial charge in [-0.3, -0.25) is 9.59 Å². The molecule has 0 spiro atoms. The number of carbonyl (C=O) groups excluding carboxylic acids is 2. The molecular weight excluding hydrogens is 359 g/mol. The highest BCUT2D eigenvalue weighted by Crippen LogP contribution is 2.30. The molecule has 2 aromatic carbocycles. The fourth-order valence-electron chi connectivity index (χ4n) is 2.06. The zero-order chi connectivity index (χ0) is 19.3. The molecule has 0 saturated heterocycles. The molecule has 0 aromatic heterocycles. The number of rotatable bonds is 5. The molecule has 0 fully saturated rings. The maximum atomic E-state index is 13.4. The Morgan fingerprint density at radius 3 is 2.38 bits per heavy atom. The number of alkyl halides is 3. The third-order valence-corrected chi connectivity index (χ3v) is 3.29. The van der Waals surface area contributed by atoms with E-state index in [9.17, 15) is 31.5 Å². The molecule has 0 unspecified atom stereocenters. The zero-order valence-corrected chi connectivity index (χ0v) is 13.2. The number of hydrogen-bond donors (Lipinski definition) is 2. The Morgan fingerprint density at radius 1 is 1.00 bits per heavy atom. The van der Waals surface area contributed by atoms with Gasteiger partial charge in [0, 0.05) is 24.7 Å². The summed E-state index contributed by atoms with van der Waals surface area (Å²) in [5, 5.41) is 4.54. The van der Waals surface area contributed by atoms with Crippen molar-refractivity contribution in [3.8, 4) is 0 Å². The van der Waals surface area contributed by atoms with Crippen molar-refractivity contribution in [1.82, 2.24) is 5.32 Å². The van der Waals surface area contributed by atoms with Gasteiger partial charge in [-0.15, -0.1) is 0 Å². The number of hydrogen-bond acceptors (Lipinski definition) is 2. The van der Waals surface area contributed by atoms with Gasteiger partial charge in [0.1, 0.15) is 11.6 Å². The molecule has 0 bridgehead atoms. The van der Waals surface area contributed by atoms with Crippen molar-refractivity contribution in [2.75, 3.05) is 11.9 Å². The first-order chi connectivity index (χ1) is 12.2. The van der Waals surface area contributed by atoms with E-state index in [0.717, 1.165) is 30.3 Å². The second-order valence-corrected chi connectivity index (χ2v) is 5.26. The van der Waals surface area contributed by atoms with Crippen LogP contribution < -0.4 is 10.6 Å². The maximum Gasteiger partial charge on any atom is 0.416 e. The molecule has 0 radical (unpaired) electrons. The van der Waals surface area contributed by atoms with Gasteiger partial charge in [0.15, 0.2) is 0 Å². The average Bonchev–Trinajstić information content (AvgIpc) is 2.54. The van der Waals surface area contributed by atoms with Crippen molar-refractivity contribution >= 4 is 17.5 Å². The van der Waals surface area contributed by atoms with E-state index in [0.29, 0.717) is 6.07 Å². The van der Waals surface area contributed by atoms with E-state index in [4.69, 9.17) is 0 Å². The number of benzene rings is 2. The highest BCUT2D eigenvalue weighted by atomic mass is 19.4. The third kappa shape index (κ3) is 5.27. The Balaban J connectivity index is 1.86. The van der Waals surface area contributed by atoms with Crippen molar-refractivity contribution in [2.45, 2.75) is 12.6 Å². The van der Waals surface area contributed by atoms with Crippen LogP contribution in [-0.2, 0) is 11.0 Å². The maximum absolute atomic E-state index is 13.4. The summed E-state index contributed by atoms with van der Waals surface area (Å²) in [5.74, 6) is -3.35. The highest BCUT2D eigenvalue weighted by molar-refractivity contribution is 5.95. The molecule has 2 amide bonds. The lowest BCUT2D eigenvalue weighted by Crippen LogP contribution is -2.28. The summed E-state index contributed by atoms with van der Waals surface area (Å²) in [6.45, 7) is -0.180. The molecule has 0 aliphatic carbocycles. The van der Waals surface area contributed by atoms with Crippen LogP contribution in [0, 0.1) is 11.6 Å². The molecular formula is C17H13F5N2O2. The Hall–Kier alpha value is -2.97. The van der Waals surface area contributed by atoms with Crippen LogP contribution in [0.1, 0.15) is 22.3 Å². The van der Waals surface area contributed by atoms with Crippen LogP contribution in [0.15, 0.2) is 42.5 Å². The van der Waals surface area contributed by atoms with Crippen molar-refractivity contribution in [3.05, 3.63) is 65.2 Å². The van der Waals surface area contributed by atoms with E-state index in [1.807, 2.05) is 0 Å². The van der Waals surface area contributed by atoms with Gasteiger partial charge >= 0.3 is 6.18 Å². The van der Waals surface area contributed by atoms with E-state index in [2.05, 4.69) is 10.6 Å². The SMILES string of the molecule is O=C(CCNC(=O)c1ccc(F)cc1F)Nc1cccc(C(F)(F)F)c1. The predicted molar refractivity (Wildman–Crippen MR) is 83.4 cm³/mol. The predicted octanol–water partition coefficient (Wildman–Crippen LogP) is 3.74. The summed E-state index contributed by atoms with van der Waals surface area (Å²) in [4.78, 5) is 23.5. The van der Waals surface area contributed by atoms with Gasteiger partial charge in [0.05, 0.1) is 11.1 Å². The Morgan fingerprint density at radius 2 is 1.73 bits per heavy atom. The van der Waals surface area contributed by atoms with E-state index in [-0.39, 0.29) is 24.2 Å². The van der Waals surface area contributed by atoms with Gasteiger partial charge in [0.25, 0.3) is 5.91 Å². The second kappa shape index (κ2) is 7.94. The summed E-state index contributed by atoms with van der Waals surface area (Å²) in [7, 11) is 0. The van der Waals surface area contributed by atoms with Gasteiger partial charge in [0.2, 0.25) is 5.91 Å². The minimum absolute atomic E-state index is 0.0410. The number of nitrogens with one attached hydrogen (secondary N) is 2. The summed E-state index contributed by atoms with van der Waals surface area (Å²) in [6.07, 6.45) is -4.78. The van der Waals surface area contributed by atoms with Gasteiger partial charge in [-0.05, 0) is 30.3 Å². The Kier molecular flexibility index (Phi) is 5.91. The van der Waals surface area contributed by atoms with Crippen molar-refractivity contribution in [2.24, 2.45) is 0 Å². The Bertz CT molecular complexity index is 821. The summed E-state index contributed by atoms with van der Waals surface area (Å²) < 4.78 is 64.0. The first-order valence-electron chi connectivity index (χ1n) is 7.37. The van der Waals surface area contributed by atoms with Crippen LogP contribution in [0.3, 0.4) is 0 Å². The second-order valence-electron chi connectivity index (χ2n) is 5.26. The van der Waals surface area contributed by atoms with E-state index < -0.39 is 35.2 Å². The smallest absolute Gasteiger partial charge is 0.351 e. The fraction of sp³-hybridized carbons (Fsp3) is 0.176. The lowest BCUT2D eigenvalue weighted by molar-refractivity contribution is -0.137. The monoisotopic (exact) mass is 372 g/mol. The first kappa shape index (κ1) is 19.4. The molecule has 0 saturated carbocycles. The quantitative estimate of drug-likeness (QED) is 0.786. The lowest BCUT2D eigenvalue weighted by atomic mass is 10.2. The number of carbonyl (C=O) groups is 2. The van der Waals surface area contributed by atoms with Crippen LogP contribution >= 0.6 is 0 Å². The molecule has 138 valence electrons. The standard InChI is InChI=1S/C17H13F5N2O2/c18-11-4-5-13(14(19)9-11)16(26)23-7-6-15(25)24-12-3-1-2-10(8-12)17(20,21)22/h1-5,8-9H,6-7H2,(H,23,26)(H,24,25). The molecule has 0 atom stereocenters. The number of anilines is 1. The molecule has 2 aromatic rings. The summed E-state index contributed by atoms with van der Waals surface area (Å²) in [6, 6.07) is 6.52.